The van der Waals surface area contributed by atoms with E-state index in [1.54, 1.807) is 7.11 Å². The van der Waals surface area contributed by atoms with Crippen LogP contribution in [0.25, 0.3) is 0 Å². The molecular weight excluding hydrogens is 260 g/mol. The van der Waals surface area contributed by atoms with Gasteiger partial charge < -0.3 is 15.8 Å². The van der Waals surface area contributed by atoms with Gasteiger partial charge in [-0.1, -0.05) is 12.1 Å². The number of methoxy groups -OCH3 is 1. The molecule has 0 unspecified atom stereocenters. The van der Waals surface area contributed by atoms with Crippen molar-refractivity contribution >= 4 is 17.3 Å². The summed E-state index contributed by atoms with van der Waals surface area (Å²) in [7, 11) is 1.59. The highest BCUT2D eigenvalue weighted by Gasteiger charge is 2.14. The van der Waals surface area contributed by atoms with E-state index in [1.165, 1.54) is 12.1 Å². The van der Waals surface area contributed by atoms with Crippen LogP contribution in [-0.2, 0) is 6.54 Å². The highest BCUT2D eigenvalue weighted by Crippen LogP contribution is 2.23. The van der Waals surface area contributed by atoms with Gasteiger partial charge in [-0.15, -0.1) is 0 Å². The number of ether oxygens (including phenoxy) is 1. The Morgan fingerprint density at radius 2 is 2.00 bits per heavy atom. The molecule has 3 N–H and O–H groups in total. The van der Waals surface area contributed by atoms with Crippen LogP contribution in [0, 0.1) is 10.1 Å². The summed E-state index contributed by atoms with van der Waals surface area (Å²) >= 11 is 0. The number of hydrogen-bond donors (Lipinski definition) is 2. The van der Waals surface area contributed by atoms with Gasteiger partial charge in [0.25, 0.3) is 0 Å². The Morgan fingerprint density at radius 3 is 2.60 bits per heavy atom. The Labute approximate surface area is 115 Å². The van der Waals surface area contributed by atoms with E-state index in [1.807, 2.05) is 24.3 Å². The number of nitrogens with zero attached hydrogens (tertiary/aromatic N) is 2. The lowest BCUT2D eigenvalue weighted by Crippen LogP contribution is -2.06. The van der Waals surface area contributed by atoms with Gasteiger partial charge in [0, 0.05) is 12.6 Å². The van der Waals surface area contributed by atoms with E-state index in [0.717, 1.165) is 11.3 Å². The molecule has 0 aliphatic heterocycles. The zero-order valence-corrected chi connectivity index (χ0v) is 10.9. The third-order valence-electron chi connectivity index (χ3n) is 2.71. The Bertz CT molecular complexity index is 614. The molecule has 0 atom stereocenters. The second kappa shape index (κ2) is 5.87. The van der Waals surface area contributed by atoms with Crippen LogP contribution in [0.2, 0.25) is 0 Å². The van der Waals surface area contributed by atoms with Crippen LogP contribution in [0.3, 0.4) is 0 Å². The van der Waals surface area contributed by atoms with E-state index in [-0.39, 0.29) is 17.3 Å². The number of anilines is 2. The van der Waals surface area contributed by atoms with Crippen LogP contribution < -0.4 is 15.8 Å². The van der Waals surface area contributed by atoms with Gasteiger partial charge in [0.1, 0.15) is 11.6 Å². The summed E-state index contributed by atoms with van der Waals surface area (Å²) in [6.45, 7) is 0.404. The van der Waals surface area contributed by atoms with E-state index < -0.39 is 4.92 Å². The molecule has 1 aromatic carbocycles. The first-order valence-corrected chi connectivity index (χ1v) is 5.88. The highest BCUT2D eigenvalue weighted by molar-refractivity contribution is 5.59. The van der Waals surface area contributed by atoms with Gasteiger partial charge in [0.2, 0.25) is 5.82 Å². The van der Waals surface area contributed by atoms with Gasteiger partial charge in [-0.25, -0.2) is 4.98 Å². The smallest absolute Gasteiger partial charge is 0.311 e. The fourth-order valence-electron chi connectivity index (χ4n) is 1.67. The van der Waals surface area contributed by atoms with Crippen LogP contribution in [0.1, 0.15) is 5.56 Å². The van der Waals surface area contributed by atoms with Crippen molar-refractivity contribution in [1.29, 1.82) is 0 Å². The van der Waals surface area contributed by atoms with Crippen LogP contribution >= 0.6 is 0 Å². The standard InChI is InChI=1S/C13H14N4O3/c1-20-10-4-2-9(3-5-10)8-15-13-11(17(18)19)6-7-12(14)16-13/h2-7H,8H2,1H3,(H3,14,15,16). The van der Waals surface area contributed by atoms with Gasteiger partial charge in [0.15, 0.2) is 0 Å². The molecule has 104 valence electrons. The van der Waals surface area contributed by atoms with Crippen LogP contribution in [0.5, 0.6) is 5.75 Å². The minimum atomic E-state index is -0.497. The fraction of sp³-hybridized carbons (Fsp3) is 0.154. The van der Waals surface area contributed by atoms with E-state index in [4.69, 9.17) is 10.5 Å². The van der Waals surface area contributed by atoms with Gasteiger partial charge in [-0.05, 0) is 23.8 Å². The van der Waals surface area contributed by atoms with Crippen molar-refractivity contribution in [2.24, 2.45) is 0 Å². The lowest BCUT2D eigenvalue weighted by molar-refractivity contribution is -0.384. The Hall–Kier alpha value is -2.83. The van der Waals surface area contributed by atoms with E-state index in [0.29, 0.717) is 6.54 Å². The fourth-order valence-corrected chi connectivity index (χ4v) is 1.67. The molecule has 0 bridgehead atoms. The van der Waals surface area contributed by atoms with Gasteiger partial charge in [-0.3, -0.25) is 10.1 Å². The Morgan fingerprint density at radius 1 is 1.30 bits per heavy atom. The van der Waals surface area contributed by atoms with Crippen LogP contribution in [0.4, 0.5) is 17.3 Å². The topological polar surface area (TPSA) is 103 Å². The van der Waals surface area contributed by atoms with Crippen molar-refractivity contribution in [2.45, 2.75) is 6.54 Å². The monoisotopic (exact) mass is 274 g/mol. The third-order valence-corrected chi connectivity index (χ3v) is 2.71. The third kappa shape index (κ3) is 3.14. The number of hydrogen-bond acceptors (Lipinski definition) is 6. The van der Waals surface area contributed by atoms with Gasteiger partial charge in [0.05, 0.1) is 12.0 Å². The quantitative estimate of drug-likeness (QED) is 0.640. The van der Waals surface area contributed by atoms with Crippen molar-refractivity contribution in [3.05, 3.63) is 52.1 Å². The average Bonchev–Trinajstić information content (AvgIpc) is 2.45. The maximum absolute atomic E-state index is 10.9. The normalized spacial score (nSPS) is 10.1. The molecule has 0 amide bonds. The first-order valence-electron chi connectivity index (χ1n) is 5.88. The number of nitrogens with two attached hydrogens (primary N) is 1. The Kier molecular flexibility index (Phi) is 3.99. The average molecular weight is 274 g/mol. The second-order valence-corrected chi connectivity index (χ2v) is 4.06. The van der Waals surface area contributed by atoms with Crippen molar-refractivity contribution in [3.8, 4) is 5.75 Å². The first-order chi connectivity index (χ1) is 9.60. The molecule has 0 fully saturated rings. The molecule has 20 heavy (non-hydrogen) atoms. The molecule has 0 aliphatic carbocycles. The van der Waals surface area contributed by atoms with E-state index >= 15 is 0 Å². The largest absolute Gasteiger partial charge is 0.497 e. The molecule has 1 heterocycles. The van der Waals surface area contributed by atoms with Crippen molar-refractivity contribution in [3.63, 3.8) is 0 Å². The SMILES string of the molecule is COc1ccc(CNc2nc(N)ccc2[N+](=O)[O-])cc1. The van der Waals surface area contributed by atoms with E-state index in [2.05, 4.69) is 10.3 Å². The molecule has 0 radical (unpaired) electrons. The van der Waals surface area contributed by atoms with E-state index in [9.17, 15) is 10.1 Å². The molecule has 0 aliphatic rings. The minimum Gasteiger partial charge on any atom is -0.497 e. The molecule has 2 aromatic rings. The number of benzene rings is 1. The number of rotatable bonds is 5. The molecule has 7 nitrogen and oxygen atoms in total. The first kappa shape index (κ1) is 13.6. The maximum Gasteiger partial charge on any atom is 0.311 e. The summed E-state index contributed by atoms with van der Waals surface area (Å²) < 4.78 is 5.06. The molecule has 7 heteroatoms. The summed E-state index contributed by atoms with van der Waals surface area (Å²) in [6.07, 6.45) is 0. The van der Waals surface area contributed by atoms with Crippen molar-refractivity contribution in [1.82, 2.24) is 4.98 Å². The number of pyridine rings is 1. The highest BCUT2D eigenvalue weighted by atomic mass is 16.6. The second-order valence-electron chi connectivity index (χ2n) is 4.06. The molecular formula is C13H14N4O3. The number of aromatic nitrogens is 1. The Balaban J connectivity index is 2.13. The van der Waals surface area contributed by atoms with Crippen molar-refractivity contribution in [2.75, 3.05) is 18.2 Å². The van der Waals surface area contributed by atoms with Crippen LogP contribution in [0.15, 0.2) is 36.4 Å². The molecule has 0 spiro atoms. The molecule has 0 saturated heterocycles. The number of nitro groups is 1. The molecule has 1 aromatic heterocycles. The summed E-state index contributed by atoms with van der Waals surface area (Å²) in [6, 6.07) is 10.1. The summed E-state index contributed by atoms with van der Waals surface area (Å²) in [5.74, 6) is 1.14. The van der Waals surface area contributed by atoms with Gasteiger partial charge >= 0.3 is 5.69 Å². The minimum absolute atomic E-state index is 0.104. The summed E-state index contributed by atoms with van der Waals surface area (Å²) in [5, 5.41) is 13.8. The zero-order chi connectivity index (χ0) is 14.5. The predicted molar refractivity (Wildman–Crippen MR) is 75.6 cm³/mol. The zero-order valence-electron chi connectivity index (χ0n) is 10.9. The predicted octanol–water partition coefficient (Wildman–Crippen LogP) is 2.19. The van der Waals surface area contributed by atoms with Crippen LogP contribution in [-0.4, -0.2) is 17.0 Å². The van der Waals surface area contributed by atoms with Crippen molar-refractivity contribution < 1.29 is 9.66 Å². The lowest BCUT2D eigenvalue weighted by Gasteiger charge is -2.07. The molecule has 2 rings (SSSR count). The summed E-state index contributed by atoms with van der Waals surface area (Å²) in [5.41, 5.74) is 6.39. The summed E-state index contributed by atoms with van der Waals surface area (Å²) in [4.78, 5) is 14.3. The molecule has 0 saturated carbocycles. The van der Waals surface area contributed by atoms with Gasteiger partial charge in [-0.2, -0.15) is 0 Å². The number of nitrogen functional groups attached to an aromatic ring is 1. The maximum atomic E-state index is 10.9. The lowest BCUT2D eigenvalue weighted by atomic mass is 10.2. The number of nitrogens with one attached hydrogen (secondary N) is 1.